The summed E-state index contributed by atoms with van der Waals surface area (Å²) in [6.45, 7) is 5.81. The number of hydrogen-bond donors (Lipinski definition) is 1. The molecule has 2 N–H and O–H groups in total. The molecule has 2 aromatic carbocycles. The number of benzene rings is 2. The highest BCUT2D eigenvalue weighted by Gasteiger charge is 2.28. The first kappa shape index (κ1) is 22.4. The van der Waals surface area contributed by atoms with Gasteiger partial charge in [0.2, 0.25) is 0 Å². The Morgan fingerprint density at radius 3 is 2.65 bits per heavy atom. The maximum atomic E-state index is 13.5. The molecule has 1 unspecified atom stereocenters. The highest BCUT2D eigenvalue weighted by molar-refractivity contribution is 7.21. The average Bonchev–Trinajstić information content (AvgIpc) is 3.19. The molecule has 0 saturated carbocycles. The largest absolute Gasteiger partial charge is 0.496 e. The number of methoxy groups -OCH3 is 1. The molecule has 34 heavy (non-hydrogen) atoms. The van der Waals surface area contributed by atoms with E-state index in [4.69, 9.17) is 15.5 Å². The second kappa shape index (κ2) is 9.11. The third kappa shape index (κ3) is 4.03. The van der Waals surface area contributed by atoms with E-state index >= 15 is 0 Å². The molecule has 0 spiro atoms. The zero-order valence-electron chi connectivity index (χ0n) is 19.8. The van der Waals surface area contributed by atoms with Crippen LogP contribution in [-0.2, 0) is 0 Å². The van der Waals surface area contributed by atoms with Crippen molar-refractivity contribution in [1.82, 2.24) is 9.88 Å². The molecule has 1 aliphatic heterocycles. The van der Waals surface area contributed by atoms with Gasteiger partial charge in [-0.3, -0.25) is 4.79 Å². The fraction of sp³-hybridized carbons (Fsp3) is 0.286. The second-order valence-electron chi connectivity index (χ2n) is 9.14. The molecular formula is C28H29N3O2S. The molecular weight excluding hydrogens is 442 g/mol. The van der Waals surface area contributed by atoms with Crippen LogP contribution in [0, 0.1) is 12.8 Å². The van der Waals surface area contributed by atoms with Crippen LogP contribution in [0.3, 0.4) is 0 Å². The quantitative estimate of drug-likeness (QED) is 0.374. The summed E-state index contributed by atoms with van der Waals surface area (Å²) in [5, 5.41) is 0.818. The predicted molar refractivity (Wildman–Crippen MR) is 140 cm³/mol. The van der Waals surface area contributed by atoms with Crippen molar-refractivity contribution in [3.63, 3.8) is 0 Å². The maximum absolute atomic E-state index is 13.5. The summed E-state index contributed by atoms with van der Waals surface area (Å²) in [4.78, 5) is 21.8. The van der Waals surface area contributed by atoms with Crippen molar-refractivity contribution >= 4 is 33.1 Å². The first-order chi connectivity index (χ1) is 16.5. The molecule has 1 saturated heterocycles. The van der Waals surface area contributed by atoms with E-state index < -0.39 is 0 Å². The summed E-state index contributed by atoms with van der Waals surface area (Å²) in [6, 6.07) is 18.3. The number of hydrogen-bond acceptors (Lipinski definition) is 5. The molecule has 1 fully saturated rings. The molecule has 1 amide bonds. The summed E-state index contributed by atoms with van der Waals surface area (Å²) in [7, 11) is 1.67. The van der Waals surface area contributed by atoms with E-state index in [0.717, 1.165) is 64.3 Å². The number of likely N-dealkylation sites (tertiary alicyclic amines) is 1. The molecule has 0 bridgehead atoms. The van der Waals surface area contributed by atoms with Gasteiger partial charge in [-0.2, -0.15) is 0 Å². The lowest BCUT2D eigenvalue weighted by Crippen LogP contribution is -2.39. The normalized spacial score (nSPS) is 16.1. The van der Waals surface area contributed by atoms with Gasteiger partial charge in [-0.1, -0.05) is 55.0 Å². The Morgan fingerprint density at radius 2 is 1.91 bits per heavy atom. The Bertz CT molecular complexity index is 1360. The minimum atomic E-state index is 0.00918. The molecule has 5 rings (SSSR count). The minimum absolute atomic E-state index is 0.00918. The van der Waals surface area contributed by atoms with E-state index in [0.29, 0.717) is 16.5 Å². The number of pyridine rings is 1. The van der Waals surface area contributed by atoms with Crippen LogP contribution in [-0.4, -0.2) is 36.0 Å². The van der Waals surface area contributed by atoms with Gasteiger partial charge in [-0.05, 0) is 43.4 Å². The molecule has 1 aliphatic rings. The number of para-hydroxylation sites is 1. The lowest BCUT2D eigenvalue weighted by molar-refractivity contribution is 0.0689. The van der Waals surface area contributed by atoms with Crippen LogP contribution >= 0.6 is 11.3 Å². The number of thiophene rings is 1. The number of nitrogens with two attached hydrogens (primary N) is 1. The monoisotopic (exact) mass is 471 g/mol. The van der Waals surface area contributed by atoms with Crippen molar-refractivity contribution in [3.8, 4) is 28.1 Å². The molecule has 3 heterocycles. The van der Waals surface area contributed by atoms with Crippen molar-refractivity contribution in [2.24, 2.45) is 5.92 Å². The van der Waals surface area contributed by atoms with E-state index in [2.05, 4.69) is 44.2 Å². The highest BCUT2D eigenvalue weighted by Crippen LogP contribution is 2.44. The maximum Gasteiger partial charge on any atom is 0.266 e. The van der Waals surface area contributed by atoms with Gasteiger partial charge in [0.15, 0.2) is 0 Å². The average molecular weight is 472 g/mol. The van der Waals surface area contributed by atoms with Crippen molar-refractivity contribution in [2.75, 3.05) is 25.9 Å². The summed E-state index contributed by atoms with van der Waals surface area (Å²) < 4.78 is 5.68. The number of anilines is 1. The molecule has 174 valence electrons. The van der Waals surface area contributed by atoms with Crippen LogP contribution < -0.4 is 10.5 Å². The van der Waals surface area contributed by atoms with Crippen LogP contribution in [0.1, 0.15) is 35.0 Å². The fourth-order valence-corrected chi connectivity index (χ4v) is 5.84. The number of nitrogens with zero attached hydrogens (tertiary/aromatic N) is 2. The minimum Gasteiger partial charge on any atom is -0.496 e. The van der Waals surface area contributed by atoms with Gasteiger partial charge in [0.05, 0.1) is 18.5 Å². The summed E-state index contributed by atoms with van der Waals surface area (Å²) >= 11 is 1.39. The topological polar surface area (TPSA) is 68.5 Å². The first-order valence-corrected chi connectivity index (χ1v) is 12.5. The van der Waals surface area contributed by atoms with Gasteiger partial charge < -0.3 is 15.4 Å². The van der Waals surface area contributed by atoms with Crippen LogP contribution in [0.4, 0.5) is 5.69 Å². The van der Waals surface area contributed by atoms with Crippen molar-refractivity contribution < 1.29 is 9.53 Å². The van der Waals surface area contributed by atoms with Crippen molar-refractivity contribution in [2.45, 2.75) is 26.7 Å². The number of aromatic nitrogens is 1. The van der Waals surface area contributed by atoms with Crippen LogP contribution in [0.2, 0.25) is 0 Å². The van der Waals surface area contributed by atoms with Gasteiger partial charge in [0, 0.05) is 29.6 Å². The Morgan fingerprint density at radius 1 is 1.15 bits per heavy atom. The van der Waals surface area contributed by atoms with E-state index in [1.165, 1.54) is 16.9 Å². The van der Waals surface area contributed by atoms with Gasteiger partial charge >= 0.3 is 0 Å². The molecule has 5 nitrogen and oxygen atoms in total. The van der Waals surface area contributed by atoms with Crippen LogP contribution in [0.25, 0.3) is 32.6 Å². The number of ether oxygens (including phenoxy) is 1. The number of rotatable bonds is 4. The van der Waals surface area contributed by atoms with Crippen molar-refractivity contribution in [3.05, 3.63) is 65.0 Å². The van der Waals surface area contributed by atoms with E-state index in [-0.39, 0.29) is 5.91 Å². The van der Waals surface area contributed by atoms with Gasteiger partial charge in [0.1, 0.15) is 15.5 Å². The Labute approximate surface area is 204 Å². The number of carbonyl (C=O) groups excluding carboxylic acids is 1. The smallest absolute Gasteiger partial charge is 0.266 e. The van der Waals surface area contributed by atoms with Crippen LogP contribution in [0.15, 0.2) is 54.6 Å². The zero-order valence-corrected chi connectivity index (χ0v) is 20.6. The predicted octanol–water partition coefficient (Wildman–Crippen LogP) is 6.40. The van der Waals surface area contributed by atoms with Gasteiger partial charge in [-0.15, -0.1) is 11.3 Å². The molecule has 6 heteroatoms. The Hall–Kier alpha value is -3.38. The van der Waals surface area contributed by atoms with Crippen molar-refractivity contribution in [1.29, 1.82) is 0 Å². The molecule has 0 radical (unpaired) electrons. The molecule has 4 aromatic rings. The number of nitrogen functional groups attached to an aromatic ring is 1. The summed E-state index contributed by atoms with van der Waals surface area (Å²) in [5.74, 6) is 1.27. The van der Waals surface area contributed by atoms with Gasteiger partial charge in [-0.25, -0.2) is 4.98 Å². The molecule has 1 atom stereocenters. The second-order valence-corrected chi connectivity index (χ2v) is 10.1. The third-order valence-electron chi connectivity index (χ3n) is 6.58. The number of fused-ring (bicyclic) bond motifs is 1. The van der Waals surface area contributed by atoms with E-state index in [1.54, 1.807) is 7.11 Å². The van der Waals surface area contributed by atoms with Gasteiger partial charge in [0.25, 0.3) is 5.91 Å². The Balaban J connectivity index is 1.72. The number of piperidine rings is 1. The first-order valence-electron chi connectivity index (χ1n) is 11.7. The standard InChI is InChI=1S/C28H29N3O2S/c1-17-10-12-19(13-11-17)22-15-21(20-8-4-5-9-23(20)33-3)24-25(29)26(34-27(24)30-22)28(32)31-14-6-7-18(2)16-31/h4-5,8-13,15,18H,6-7,14,16,29H2,1-3H3. The van der Waals surface area contributed by atoms with Crippen LogP contribution in [0.5, 0.6) is 5.75 Å². The van der Waals surface area contributed by atoms with E-state index in [9.17, 15) is 4.79 Å². The summed E-state index contributed by atoms with van der Waals surface area (Å²) in [6.07, 6.45) is 2.19. The number of amides is 1. The highest BCUT2D eigenvalue weighted by atomic mass is 32.1. The van der Waals surface area contributed by atoms with E-state index in [1.807, 2.05) is 29.2 Å². The third-order valence-corrected chi connectivity index (χ3v) is 7.67. The molecule has 2 aromatic heterocycles. The summed E-state index contributed by atoms with van der Waals surface area (Å²) in [5.41, 5.74) is 12.1. The zero-order chi connectivity index (χ0) is 23.8. The fourth-order valence-electron chi connectivity index (χ4n) is 4.75. The Kier molecular flexibility index (Phi) is 6.00. The lowest BCUT2D eigenvalue weighted by Gasteiger charge is -2.30. The molecule has 0 aliphatic carbocycles. The lowest BCUT2D eigenvalue weighted by atomic mass is 9.98. The SMILES string of the molecule is COc1ccccc1-c1cc(-c2ccc(C)cc2)nc2sc(C(=O)N3CCCC(C)C3)c(N)c12. The number of carbonyl (C=O) groups is 1. The number of aryl methyl sites for hydroxylation is 1.